The Morgan fingerprint density at radius 1 is 1.16 bits per heavy atom. The van der Waals surface area contributed by atoms with E-state index < -0.39 is 17.4 Å². The molecule has 1 aliphatic carbocycles. The van der Waals surface area contributed by atoms with Crippen molar-refractivity contribution in [3.8, 4) is 5.75 Å². The Labute approximate surface area is 111 Å². The van der Waals surface area contributed by atoms with Crippen LogP contribution in [0.15, 0.2) is 12.1 Å². The van der Waals surface area contributed by atoms with Gasteiger partial charge in [0.2, 0.25) is 0 Å². The van der Waals surface area contributed by atoms with Crippen molar-refractivity contribution in [2.75, 3.05) is 0 Å². The molecule has 1 saturated carbocycles. The molecule has 0 atom stereocenters. The normalized spacial score (nSPS) is 17.2. The first-order chi connectivity index (χ1) is 8.67. The van der Waals surface area contributed by atoms with Gasteiger partial charge in [-0.25, -0.2) is 0 Å². The van der Waals surface area contributed by atoms with Gasteiger partial charge in [-0.3, -0.25) is 4.79 Å². The molecule has 0 saturated heterocycles. The average molecular weight is 266 g/mol. The van der Waals surface area contributed by atoms with Gasteiger partial charge in [-0.05, 0) is 44.7 Å². The smallest absolute Gasteiger partial charge is 0.325 e. The summed E-state index contributed by atoms with van der Waals surface area (Å²) in [4.78, 5) is 12.0. The topological polar surface area (TPSA) is 87.0 Å². The van der Waals surface area contributed by atoms with Crippen LogP contribution in [0.5, 0.6) is 5.75 Å². The predicted octanol–water partition coefficient (Wildman–Crippen LogP) is 0.928. The fourth-order valence-corrected chi connectivity index (χ4v) is 2.32. The molecule has 0 spiro atoms. The number of hydrogen-bond donors (Lipinski definition) is 3. The SMILES string of the molecule is Cc1cc(C)c(OC(=O)C2(C(O)(O)O)CC2)c(C)c1. The lowest BCUT2D eigenvalue weighted by Gasteiger charge is -2.24. The molecule has 1 aliphatic rings. The van der Waals surface area contributed by atoms with Gasteiger partial charge in [-0.2, -0.15) is 0 Å². The summed E-state index contributed by atoms with van der Waals surface area (Å²) in [5.41, 5.74) is 1.02. The van der Waals surface area contributed by atoms with E-state index in [-0.39, 0.29) is 12.8 Å². The quantitative estimate of drug-likeness (QED) is 0.430. The molecule has 1 aromatic carbocycles. The summed E-state index contributed by atoms with van der Waals surface area (Å²) in [7, 11) is 0. The van der Waals surface area contributed by atoms with Crippen LogP contribution in [-0.4, -0.2) is 27.3 Å². The van der Waals surface area contributed by atoms with E-state index in [9.17, 15) is 20.1 Å². The second-order valence-electron chi connectivity index (χ2n) is 5.33. The van der Waals surface area contributed by atoms with Gasteiger partial charge in [0, 0.05) is 0 Å². The highest BCUT2D eigenvalue weighted by Gasteiger charge is 2.65. The number of aryl methyl sites for hydroxylation is 3. The first-order valence-electron chi connectivity index (χ1n) is 6.15. The van der Waals surface area contributed by atoms with E-state index in [1.54, 1.807) is 0 Å². The molecule has 0 bridgehead atoms. The third-order valence-corrected chi connectivity index (χ3v) is 3.58. The van der Waals surface area contributed by atoms with Crippen molar-refractivity contribution in [1.29, 1.82) is 0 Å². The monoisotopic (exact) mass is 266 g/mol. The van der Waals surface area contributed by atoms with Crippen molar-refractivity contribution < 1.29 is 24.9 Å². The number of aliphatic hydroxyl groups is 3. The van der Waals surface area contributed by atoms with Gasteiger partial charge in [0.05, 0.1) is 0 Å². The minimum absolute atomic E-state index is 0.194. The summed E-state index contributed by atoms with van der Waals surface area (Å²) in [5, 5.41) is 27.7. The zero-order chi connectivity index (χ0) is 14.4. The molecular weight excluding hydrogens is 248 g/mol. The summed E-state index contributed by atoms with van der Waals surface area (Å²) in [6.07, 6.45) is 0.387. The highest BCUT2D eigenvalue weighted by Crippen LogP contribution is 2.53. The highest BCUT2D eigenvalue weighted by molar-refractivity contribution is 5.83. The Morgan fingerprint density at radius 3 is 2.00 bits per heavy atom. The number of benzene rings is 1. The molecule has 0 radical (unpaired) electrons. The third kappa shape index (κ3) is 2.36. The molecule has 0 amide bonds. The molecule has 19 heavy (non-hydrogen) atoms. The molecule has 1 fully saturated rings. The second-order valence-corrected chi connectivity index (χ2v) is 5.33. The van der Waals surface area contributed by atoms with Gasteiger partial charge in [0.15, 0.2) is 0 Å². The fraction of sp³-hybridized carbons (Fsp3) is 0.500. The van der Waals surface area contributed by atoms with Crippen molar-refractivity contribution in [2.45, 2.75) is 39.6 Å². The van der Waals surface area contributed by atoms with E-state index in [1.165, 1.54) is 0 Å². The van der Waals surface area contributed by atoms with Gasteiger partial charge in [0.25, 0.3) is 5.97 Å². The van der Waals surface area contributed by atoms with Crippen LogP contribution in [0.3, 0.4) is 0 Å². The fourth-order valence-electron chi connectivity index (χ4n) is 2.32. The number of hydrogen-bond acceptors (Lipinski definition) is 5. The minimum atomic E-state index is -3.03. The molecule has 104 valence electrons. The molecule has 5 heteroatoms. The average Bonchev–Trinajstić information content (AvgIpc) is 3.02. The van der Waals surface area contributed by atoms with Crippen molar-refractivity contribution in [3.05, 3.63) is 28.8 Å². The summed E-state index contributed by atoms with van der Waals surface area (Å²) >= 11 is 0. The van der Waals surface area contributed by atoms with Gasteiger partial charge >= 0.3 is 5.97 Å². The first kappa shape index (κ1) is 14.0. The van der Waals surface area contributed by atoms with Crippen molar-refractivity contribution in [1.82, 2.24) is 0 Å². The Kier molecular flexibility index (Phi) is 3.16. The molecule has 0 aromatic heterocycles. The van der Waals surface area contributed by atoms with Crippen molar-refractivity contribution in [2.24, 2.45) is 5.41 Å². The number of carbonyl (C=O) groups is 1. The zero-order valence-corrected chi connectivity index (χ0v) is 11.2. The first-order valence-corrected chi connectivity index (χ1v) is 6.15. The van der Waals surface area contributed by atoms with Crippen LogP contribution in [0, 0.1) is 26.2 Å². The minimum Gasteiger partial charge on any atom is -0.425 e. The van der Waals surface area contributed by atoms with E-state index in [0.717, 1.165) is 16.7 Å². The molecule has 1 aromatic rings. The lowest BCUT2D eigenvalue weighted by molar-refractivity contribution is -0.345. The number of esters is 1. The molecule has 0 heterocycles. The van der Waals surface area contributed by atoms with Crippen LogP contribution < -0.4 is 4.74 Å². The van der Waals surface area contributed by atoms with Gasteiger partial charge in [0.1, 0.15) is 11.2 Å². The molecule has 2 rings (SSSR count). The van der Waals surface area contributed by atoms with E-state index in [1.807, 2.05) is 32.9 Å². The van der Waals surface area contributed by atoms with Gasteiger partial charge < -0.3 is 20.1 Å². The van der Waals surface area contributed by atoms with E-state index in [0.29, 0.717) is 5.75 Å². The van der Waals surface area contributed by atoms with Crippen molar-refractivity contribution in [3.63, 3.8) is 0 Å². The standard InChI is InChI=1S/C14H18O5/c1-8-6-9(2)11(10(3)7-8)19-12(15)13(4-5-13)14(16,17)18/h6-7,16-18H,4-5H2,1-3H3. The maximum absolute atomic E-state index is 12.0. The van der Waals surface area contributed by atoms with E-state index in [2.05, 4.69) is 0 Å². The van der Waals surface area contributed by atoms with E-state index in [4.69, 9.17) is 4.74 Å². The van der Waals surface area contributed by atoms with Crippen LogP contribution in [0.25, 0.3) is 0 Å². The largest absolute Gasteiger partial charge is 0.425 e. The van der Waals surface area contributed by atoms with Crippen LogP contribution in [0.2, 0.25) is 0 Å². The third-order valence-electron chi connectivity index (χ3n) is 3.58. The molecule has 5 nitrogen and oxygen atoms in total. The Morgan fingerprint density at radius 2 is 1.63 bits per heavy atom. The molecule has 0 aliphatic heterocycles. The van der Waals surface area contributed by atoms with Crippen LogP contribution >= 0.6 is 0 Å². The lowest BCUT2D eigenvalue weighted by Crippen LogP contribution is -2.46. The second kappa shape index (κ2) is 4.30. The lowest BCUT2D eigenvalue weighted by atomic mass is 10.0. The predicted molar refractivity (Wildman–Crippen MR) is 67.3 cm³/mol. The van der Waals surface area contributed by atoms with E-state index >= 15 is 0 Å². The summed E-state index contributed by atoms with van der Waals surface area (Å²) in [5.74, 6) is -3.43. The van der Waals surface area contributed by atoms with Gasteiger partial charge in [-0.15, -0.1) is 0 Å². The number of rotatable bonds is 3. The molecule has 0 unspecified atom stereocenters. The highest BCUT2D eigenvalue weighted by atomic mass is 16.7. The summed E-state index contributed by atoms with van der Waals surface area (Å²) in [6, 6.07) is 3.75. The maximum Gasteiger partial charge on any atom is 0.325 e. The Bertz CT molecular complexity index is 500. The molecular formula is C14H18O5. The van der Waals surface area contributed by atoms with Crippen LogP contribution in [0.4, 0.5) is 0 Å². The van der Waals surface area contributed by atoms with Gasteiger partial charge in [-0.1, -0.05) is 17.7 Å². The Balaban J connectivity index is 2.26. The maximum atomic E-state index is 12.0. The van der Waals surface area contributed by atoms with Crippen LogP contribution in [-0.2, 0) is 4.79 Å². The number of carbonyl (C=O) groups excluding carboxylic acids is 1. The number of ether oxygens (including phenoxy) is 1. The zero-order valence-electron chi connectivity index (χ0n) is 11.2. The molecule has 3 N–H and O–H groups in total. The summed E-state index contributed by atoms with van der Waals surface area (Å²) < 4.78 is 5.27. The van der Waals surface area contributed by atoms with Crippen LogP contribution in [0.1, 0.15) is 29.5 Å². The summed E-state index contributed by atoms with van der Waals surface area (Å²) in [6.45, 7) is 5.56. The van der Waals surface area contributed by atoms with Crippen molar-refractivity contribution >= 4 is 5.97 Å². The Hall–Kier alpha value is -1.43.